The lowest BCUT2D eigenvalue weighted by atomic mass is 9.85. The van der Waals surface area contributed by atoms with Crippen LogP contribution in [0.25, 0.3) is 0 Å². The molecule has 5 nitrogen and oxygen atoms in total. The summed E-state index contributed by atoms with van der Waals surface area (Å²) in [4.78, 5) is 10.9. The second-order valence-corrected chi connectivity index (χ2v) is 4.68. The lowest BCUT2D eigenvalue weighted by Crippen LogP contribution is -2.56. The molecule has 0 bridgehead atoms. The Hall–Kier alpha value is -1.66. The van der Waals surface area contributed by atoms with E-state index in [9.17, 15) is 9.18 Å². The van der Waals surface area contributed by atoms with Crippen LogP contribution in [0.3, 0.4) is 0 Å². The Kier molecular flexibility index (Phi) is 4.57. The molecule has 1 aromatic carbocycles. The number of halogens is 1. The zero-order valence-corrected chi connectivity index (χ0v) is 11.4. The number of benzene rings is 1. The lowest BCUT2D eigenvalue weighted by molar-refractivity contribution is -0.118. The molecule has 3 atom stereocenters. The molecule has 0 saturated heterocycles. The van der Waals surface area contributed by atoms with E-state index in [2.05, 4.69) is 5.32 Å². The van der Waals surface area contributed by atoms with E-state index in [4.69, 9.17) is 14.6 Å². The van der Waals surface area contributed by atoms with Crippen molar-refractivity contribution in [1.82, 2.24) is 0 Å². The minimum Gasteiger partial charge on any atom is -0.478 e. The van der Waals surface area contributed by atoms with Gasteiger partial charge >= 0.3 is 5.97 Å². The molecular formula is C14H18FNO4. The second kappa shape index (κ2) is 6.19. The van der Waals surface area contributed by atoms with Crippen molar-refractivity contribution in [2.45, 2.75) is 31.6 Å². The SMILES string of the molecule is CCOC1CC(Nc2cc(C(=O)O)ccc2F)C1OC. The number of carboxylic acid groups (broad SMARTS) is 1. The molecule has 0 spiro atoms. The van der Waals surface area contributed by atoms with Crippen molar-refractivity contribution in [1.29, 1.82) is 0 Å². The Labute approximate surface area is 116 Å². The summed E-state index contributed by atoms with van der Waals surface area (Å²) in [7, 11) is 1.58. The number of hydrogen-bond acceptors (Lipinski definition) is 4. The Morgan fingerprint density at radius 1 is 1.55 bits per heavy atom. The van der Waals surface area contributed by atoms with Crippen molar-refractivity contribution < 1.29 is 23.8 Å². The summed E-state index contributed by atoms with van der Waals surface area (Å²) in [6.07, 6.45) is 0.527. The van der Waals surface area contributed by atoms with Gasteiger partial charge in [-0.3, -0.25) is 0 Å². The normalized spacial score (nSPS) is 25.1. The number of carbonyl (C=O) groups is 1. The fourth-order valence-electron chi connectivity index (χ4n) is 2.38. The van der Waals surface area contributed by atoms with Crippen LogP contribution in [-0.2, 0) is 9.47 Å². The van der Waals surface area contributed by atoms with Crippen LogP contribution in [0.1, 0.15) is 23.7 Å². The molecule has 1 saturated carbocycles. The average molecular weight is 283 g/mol. The number of rotatable bonds is 6. The van der Waals surface area contributed by atoms with Crippen LogP contribution < -0.4 is 5.32 Å². The zero-order valence-electron chi connectivity index (χ0n) is 11.4. The van der Waals surface area contributed by atoms with Gasteiger partial charge in [-0.05, 0) is 31.5 Å². The van der Waals surface area contributed by atoms with Gasteiger partial charge in [0.1, 0.15) is 11.9 Å². The minimum atomic E-state index is -1.09. The fourth-order valence-corrected chi connectivity index (χ4v) is 2.38. The summed E-state index contributed by atoms with van der Waals surface area (Å²) in [5.74, 6) is -1.57. The number of nitrogens with one attached hydrogen (secondary N) is 1. The maximum atomic E-state index is 13.7. The molecular weight excluding hydrogens is 265 g/mol. The van der Waals surface area contributed by atoms with Gasteiger partial charge in [-0.1, -0.05) is 0 Å². The quantitative estimate of drug-likeness (QED) is 0.837. The molecule has 6 heteroatoms. The topological polar surface area (TPSA) is 67.8 Å². The Bertz CT molecular complexity index is 494. The maximum absolute atomic E-state index is 13.7. The van der Waals surface area contributed by atoms with E-state index in [1.807, 2.05) is 6.92 Å². The van der Waals surface area contributed by atoms with Crippen LogP contribution in [0, 0.1) is 5.82 Å². The maximum Gasteiger partial charge on any atom is 0.335 e. The monoisotopic (exact) mass is 283 g/mol. The van der Waals surface area contributed by atoms with Crippen molar-refractivity contribution >= 4 is 11.7 Å². The van der Waals surface area contributed by atoms with Gasteiger partial charge in [0.15, 0.2) is 0 Å². The minimum absolute atomic E-state index is 0.00628. The van der Waals surface area contributed by atoms with E-state index in [-0.39, 0.29) is 29.5 Å². The Morgan fingerprint density at radius 3 is 2.90 bits per heavy atom. The number of ether oxygens (including phenoxy) is 2. The van der Waals surface area contributed by atoms with Crippen LogP contribution in [0.5, 0.6) is 0 Å². The lowest BCUT2D eigenvalue weighted by Gasteiger charge is -2.43. The van der Waals surface area contributed by atoms with Gasteiger partial charge in [0.25, 0.3) is 0 Å². The predicted molar refractivity (Wildman–Crippen MR) is 71.6 cm³/mol. The average Bonchev–Trinajstić information content (AvgIpc) is 2.39. The van der Waals surface area contributed by atoms with Gasteiger partial charge in [0, 0.05) is 13.7 Å². The first-order valence-electron chi connectivity index (χ1n) is 6.50. The molecule has 20 heavy (non-hydrogen) atoms. The molecule has 0 aliphatic heterocycles. The smallest absolute Gasteiger partial charge is 0.335 e. The summed E-state index contributed by atoms with van der Waals surface area (Å²) in [6.45, 7) is 2.50. The summed E-state index contributed by atoms with van der Waals surface area (Å²) in [5.41, 5.74) is 0.218. The van der Waals surface area contributed by atoms with Gasteiger partial charge in [0.2, 0.25) is 0 Å². The number of anilines is 1. The van der Waals surface area contributed by atoms with E-state index in [1.54, 1.807) is 7.11 Å². The zero-order chi connectivity index (χ0) is 14.7. The highest BCUT2D eigenvalue weighted by Gasteiger charge is 2.42. The van der Waals surface area contributed by atoms with Crippen LogP contribution in [0.15, 0.2) is 18.2 Å². The van der Waals surface area contributed by atoms with Gasteiger partial charge in [-0.25, -0.2) is 9.18 Å². The third-order valence-electron chi connectivity index (χ3n) is 3.46. The summed E-state index contributed by atoms with van der Waals surface area (Å²) >= 11 is 0. The molecule has 2 rings (SSSR count). The Balaban J connectivity index is 2.07. The summed E-state index contributed by atoms with van der Waals surface area (Å²) in [6, 6.07) is 3.58. The first-order chi connectivity index (χ1) is 9.56. The van der Waals surface area contributed by atoms with Crippen LogP contribution in [-0.4, -0.2) is 43.0 Å². The van der Waals surface area contributed by atoms with Gasteiger partial charge in [-0.2, -0.15) is 0 Å². The van der Waals surface area contributed by atoms with E-state index in [1.165, 1.54) is 12.1 Å². The molecule has 3 unspecified atom stereocenters. The molecule has 2 N–H and O–H groups in total. The van der Waals surface area contributed by atoms with Gasteiger partial charge < -0.3 is 19.9 Å². The third-order valence-corrected chi connectivity index (χ3v) is 3.46. The van der Waals surface area contributed by atoms with E-state index >= 15 is 0 Å². The van der Waals surface area contributed by atoms with Crippen molar-refractivity contribution in [2.24, 2.45) is 0 Å². The fraction of sp³-hybridized carbons (Fsp3) is 0.500. The van der Waals surface area contributed by atoms with Crippen LogP contribution >= 0.6 is 0 Å². The van der Waals surface area contributed by atoms with Crippen molar-refractivity contribution in [2.75, 3.05) is 19.0 Å². The molecule has 0 amide bonds. The van der Waals surface area contributed by atoms with Crippen molar-refractivity contribution in [3.63, 3.8) is 0 Å². The molecule has 0 heterocycles. The standard InChI is InChI=1S/C14H18FNO4/c1-3-20-12-7-11(13(12)19-2)16-10-6-8(14(17)18)4-5-9(10)15/h4-6,11-13,16H,3,7H2,1-2H3,(H,17,18). The Morgan fingerprint density at radius 2 is 2.30 bits per heavy atom. The number of hydrogen-bond donors (Lipinski definition) is 2. The molecule has 1 aliphatic carbocycles. The molecule has 110 valence electrons. The summed E-state index contributed by atoms with van der Waals surface area (Å²) in [5, 5.41) is 11.9. The predicted octanol–water partition coefficient (Wildman–Crippen LogP) is 2.13. The molecule has 0 radical (unpaired) electrons. The van der Waals surface area contributed by atoms with E-state index in [0.717, 1.165) is 6.07 Å². The van der Waals surface area contributed by atoms with Crippen LogP contribution in [0.4, 0.5) is 10.1 Å². The molecule has 0 aromatic heterocycles. The van der Waals surface area contributed by atoms with Crippen molar-refractivity contribution in [3.05, 3.63) is 29.6 Å². The number of carboxylic acids is 1. The van der Waals surface area contributed by atoms with E-state index < -0.39 is 11.8 Å². The van der Waals surface area contributed by atoms with E-state index in [0.29, 0.717) is 13.0 Å². The largest absolute Gasteiger partial charge is 0.478 e. The van der Waals surface area contributed by atoms with Gasteiger partial charge in [0.05, 0.1) is 23.4 Å². The van der Waals surface area contributed by atoms with Crippen molar-refractivity contribution in [3.8, 4) is 0 Å². The first-order valence-corrected chi connectivity index (χ1v) is 6.50. The van der Waals surface area contributed by atoms with Gasteiger partial charge in [-0.15, -0.1) is 0 Å². The summed E-state index contributed by atoms with van der Waals surface area (Å²) < 4.78 is 24.5. The highest BCUT2D eigenvalue weighted by Crippen LogP contribution is 2.30. The second-order valence-electron chi connectivity index (χ2n) is 4.68. The third kappa shape index (κ3) is 2.91. The molecule has 1 aliphatic rings. The highest BCUT2D eigenvalue weighted by atomic mass is 19.1. The number of aromatic carboxylic acids is 1. The highest BCUT2D eigenvalue weighted by molar-refractivity contribution is 5.88. The molecule has 1 aromatic rings. The van der Waals surface area contributed by atoms with Crippen LogP contribution in [0.2, 0.25) is 0 Å². The molecule has 1 fully saturated rings. The number of methoxy groups -OCH3 is 1. The first kappa shape index (κ1) is 14.7.